The summed E-state index contributed by atoms with van der Waals surface area (Å²) in [6.45, 7) is 1.93. The highest BCUT2D eigenvalue weighted by molar-refractivity contribution is 9.10. The van der Waals surface area contributed by atoms with E-state index >= 15 is 0 Å². The van der Waals surface area contributed by atoms with Gasteiger partial charge in [0.05, 0.1) is 23.2 Å². The Morgan fingerprint density at radius 1 is 1.50 bits per heavy atom. The second-order valence-corrected chi connectivity index (χ2v) is 5.16. The van der Waals surface area contributed by atoms with E-state index in [0.717, 1.165) is 10.0 Å². The van der Waals surface area contributed by atoms with Crippen LogP contribution in [0.4, 0.5) is 0 Å². The minimum atomic E-state index is -0.123. The van der Waals surface area contributed by atoms with Gasteiger partial charge in [0, 0.05) is 10.0 Å². The Hall–Kier alpha value is -0.000000000000000111. The second-order valence-electron chi connectivity index (χ2n) is 3.52. The molecule has 1 aliphatic heterocycles. The molecule has 2 unspecified atom stereocenters. The van der Waals surface area contributed by atoms with Gasteiger partial charge in [-0.05, 0) is 28.9 Å². The third-order valence-electron chi connectivity index (χ3n) is 2.49. The smallest absolute Gasteiger partial charge is 0.144 e. The standard InChI is InChI=1S/C10H10BrCl2NO2/c1-4-9(14-15-2)7-8(13)5(11)3-6(12)10(7)16-4/h3-4,9,14H,1-2H3. The maximum atomic E-state index is 6.23. The molecule has 3 nitrogen and oxygen atoms in total. The first-order valence-electron chi connectivity index (χ1n) is 4.68. The molecule has 16 heavy (non-hydrogen) atoms. The lowest BCUT2D eigenvalue weighted by Crippen LogP contribution is -2.28. The molecule has 0 fully saturated rings. The summed E-state index contributed by atoms with van der Waals surface area (Å²) in [5, 5.41) is 1.14. The Morgan fingerprint density at radius 2 is 2.19 bits per heavy atom. The van der Waals surface area contributed by atoms with Gasteiger partial charge in [-0.25, -0.2) is 0 Å². The third kappa shape index (κ3) is 1.93. The molecule has 1 N–H and O–H groups in total. The van der Waals surface area contributed by atoms with E-state index in [1.165, 1.54) is 0 Å². The molecule has 1 aromatic carbocycles. The molecule has 1 aliphatic rings. The van der Waals surface area contributed by atoms with Crippen LogP contribution in [0, 0.1) is 0 Å². The fourth-order valence-electron chi connectivity index (χ4n) is 1.77. The van der Waals surface area contributed by atoms with Crippen molar-refractivity contribution in [2.75, 3.05) is 7.11 Å². The lowest BCUT2D eigenvalue weighted by atomic mass is 10.1. The Labute approximate surface area is 112 Å². The third-order valence-corrected chi connectivity index (χ3v) is 4.03. The number of rotatable bonds is 2. The predicted octanol–water partition coefficient (Wildman–Crippen LogP) is 3.73. The van der Waals surface area contributed by atoms with E-state index in [0.29, 0.717) is 15.8 Å². The molecule has 1 aromatic rings. The molecule has 0 spiro atoms. The summed E-state index contributed by atoms with van der Waals surface area (Å²) >= 11 is 15.7. The summed E-state index contributed by atoms with van der Waals surface area (Å²) in [5.41, 5.74) is 3.69. The Kier molecular flexibility index (Phi) is 3.66. The molecule has 2 rings (SSSR count). The molecule has 6 heteroatoms. The molecule has 1 heterocycles. The van der Waals surface area contributed by atoms with Crippen LogP contribution in [0.1, 0.15) is 18.5 Å². The fraction of sp³-hybridized carbons (Fsp3) is 0.400. The summed E-state index contributed by atoms with van der Waals surface area (Å²) in [6, 6.07) is 1.60. The lowest BCUT2D eigenvalue weighted by Gasteiger charge is -2.15. The van der Waals surface area contributed by atoms with Gasteiger partial charge in [-0.15, -0.1) is 0 Å². The van der Waals surface area contributed by atoms with E-state index < -0.39 is 0 Å². The molecule has 0 saturated carbocycles. The number of halogens is 3. The van der Waals surface area contributed by atoms with Gasteiger partial charge in [-0.3, -0.25) is 0 Å². The van der Waals surface area contributed by atoms with Crippen molar-refractivity contribution in [2.45, 2.75) is 19.1 Å². The minimum Gasteiger partial charge on any atom is -0.487 e. The van der Waals surface area contributed by atoms with Crippen LogP contribution in [-0.4, -0.2) is 13.2 Å². The van der Waals surface area contributed by atoms with E-state index in [-0.39, 0.29) is 12.1 Å². The molecule has 0 bridgehead atoms. The van der Waals surface area contributed by atoms with Crippen molar-refractivity contribution in [1.29, 1.82) is 0 Å². The SMILES string of the molecule is CONC1c2c(Cl)c(Br)cc(Cl)c2OC1C. The zero-order valence-electron chi connectivity index (χ0n) is 8.68. The van der Waals surface area contributed by atoms with Gasteiger partial charge in [0.25, 0.3) is 0 Å². The molecular formula is C10H10BrCl2NO2. The fourth-order valence-corrected chi connectivity index (χ4v) is 2.85. The van der Waals surface area contributed by atoms with Crippen molar-refractivity contribution in [3.63, 3.8) is 0 Å². The number of hydrogen-bond acceptors (Lipinski definition) is 3. The van der Waals surface area contributed by atoms with Crippen molar-refractivity contribution in [3.8, 4) is 5.75 Å². The summed E-state index contributed by atoms with van der Waals surface area (Å²) < 4.78 is 6.41. The zero-order valence-corrected chi connectivity index (χ0v) is 11.8. The van der Waals surface area contributed by atoms with Gasteiger partial charge in [-0.1, -0.05) is 23.2 Å². The predicted molar refractivity (Wildman–Crippen MR) is 67.1 cm³/mol. The largest absolute Gasteiger partial charge is 0.487 e. The van der Waals surface area contributed by atoms with E-state index in [1.807, 2.05) is 6.92 Å². The normalized spacial score (nSPS) is 23.1. The number of hydroxylamine groups is 1. The number of ether oxygens (including phenoxy) is 1. The topological polar surface area (TPSA) is 30.5 Å². The van der Waals surface area contributed by atoms with Gasteiger partial charge in [0.1, 0.15) is 11.9 Å². The Bertz CT molecular complexity index is 428. The first-order chi connectivity index (χ1) is 7.56. The van der Waals surface area contributed by atoms with Crippen molar-refractivity contribution in [1.82, 2.24) is 5.48 Å². The van der Waals surface area contributed by atoms with Crippen LogP contribution in [-0.2, 0) is 4.84 Å². The van der Waals surface area contributed by atoms with Gasteiger partial charge in [0.15, 0.2) is 0 Å². The van der Waals surface area contributed by atoms with Crippen LogP contribution in [0.2, 0.25) is 10.0 Å². The van der Waals surface area contributed by atoms with Crippen LogP contribution in [0.3, 0.4) is 0 Å². The molecule has 88 valence electrons. The summed E-state index contributed by atoms with van der Waals surface area (Å²) in [4.78, 5) is 4.94. The van der Waals surface area contributed by atoms with Crippen LogP contribution in [0.5, 0.6) is 5.75 Å². The zero-order chi connectivity index (χ0) is 11.9. The minimum absolute atomic E-state index is 0.0840. The van der Waals surface area contributed by atoms with Gasteiger partial charge < -0.3 is 9.57 Å². The second kappa shape index (κ2) is 4.70. The van der Waals surface area contributed by atoms with Crippen molar-refractivity contribution >= 4 is 39.1 Å². The highest BCUT2D eigenvalue weighted by Crippen LogP contribution is 2.48. The van der Waals surface area contributed by atoms with Crippen molar-refractivity contribution in [3.05, 3.63) is 26.1 Å². The number of benzene rings is 1. The first kappa shape index (κ1) is 12.5. The summed E-state index contributed by atoms with van der Waals surface area (Å²) in [7, 11) is 1.55. The van der Waals surface area contributed by atoms with Crippen molar-refractivity contribution < 1.29 is 9.57 Å². The average Bonchev–Trinajstić information content (AvgIpc) is 2.55. The summed E-state index contributed by atoms with van der Waals surface area (Å²) in [5.74, 6) is 0.622. The van der Waals surface area contributed by atoms with E-state index in [4.69, 9.17) is 32.8 Å². The maximum absolute atomic E-state index is 6.23. The van der Waals surface area contributed by atoms with Gasteiger partial charge in [0.2, 0.25) is 0 Å². The molecule has 0 saturated heterocycles. The molecule has 0 radical (unpaired) electrons. The summed E-state index contributed by atoms with van der Waals surface area (Å²) in [6.07, 6.45) is -0.0840. The van der Waals surface area contributed by atoms with Crippen LogP contribution < -0.4 is 10.2 Å². The highest BCUT2D eigenvalue weighted by Gasteiger charge is 2.36. The number of fused-ring (bicyclic) bond motifs is 1. The number of nitrogens with one attached hydrogen (secondary N) is 1. The van der Waals surface area contributed by atoms with Crippen LogP contribution in [0.15, 0.2) is 10.5 Å². The average molecular weight is 327 g/mol. The van der Waals surface area contributed by atoms with Gasteiger partial charge in [-0.2, -0.15) is 5.48 Å². The molecule has 2 atom stereocenters. The number of hydrogen-bond donors (Lipinski definition) is 1. The Morgan fingerprint density at radius 3 is 2.81 bits per heavy atom. The molecule has 0 aromatic heterocycles. The van der Waals surface area contributed by atoms with Crippen LogP contribution >= 0.6 is 39.1 Å². The molecule has 0 aliphatic carbocycles. The van der Waals surface area contributed by atoms with E-state index in [1.54, 1.807) is 13.2 Å². The van der Waals surface area contributed by atoms with E-state index in [9.17, 15) is 0 Å². The van der Waals surface area contributed by atoms with E-state index in [2.05, 4.69) is 21.4 Å². The molecular weight excluding hydrogens is 317 g/mol. The molecule has 0 amide bonds. The maximum Gasteiger partial charge on any atom is 0.144 e. The highest BCUT2D eigenvalue weighted by atomic mass is 79.9. The van der Waals surface area contributed by atoms with Crippen LogP contribution in [0.25, 0.3) is 0 Å². The Balaban J connectivity index is 2.54. The monoisotopic (exact) mass is 325 g/mol. The quantitative estimate of drug-likeness (QED) is 0.663. The lowest BCUT2D eigenvalue weighted by molar-refractivity contribution is 0.0339. The van der Waals surface area contributed by atoms with Crippen molar-refractivity contribution in [2.24, 2.45) is 0 Å². The first-order valence-corrected chi connectivity index (χ1v) is 6.23. The van der Waals surface area contributed by atoms with Gasteiger partial charge >= 0.3 is 0 Å².